The van der Waals surface area contributed by atoms with Crippen molar-refractivity contribution >= 4 is 10.9 Å². The molecule has 3 rings (SSSR count). The number of para-hydroxylation sites is 1. The number of nitrogens with one attached hydrogen (secondary N) is 1. The second-order valence-corrected chi connectivity index (χ2v) is 4.57. The van der Waals surface area contributed by atoms with Crippen LogP contribution in [0.4, 0.5) is 0 Å². The second-order valence-electron chi connectivity index (χ2n) is 4.57. The third-order valence-corrected chi connectivity index (χ3v) is 3.05. The van der Waals surface area contributed by atoms with Gasteiger partial charge in [0.1, 0.15) is 23.6 Å². The van der Waals surface area contributed by atoms with Gasteiger partial charge in [0.2, 0.25) is 0 Å². The van der Waals surface area contributed by atoms with Crippen LogP contribution < -0.4 is 10.1 Å². The molecule has 0 radical (unpaired) electrons. The molecule has 0 unspecified atom stereocenters. The van der Waals surface area contributed by atoms with E-state index in [0.29, 0.717) is 6.61 Å². The number of hydrogen-bond donors (Lipinski definition) is 1. The molecule has 3 aromatic rings. The molecule has 0 bridgehead atoms. The second kappa shape index (κ2) is 5.75. The summed E-state index contributed by atoms with van der Waals surface area (Å²) < 4.78 is 11.3. The summed E-state index contributed by atoms with van der Waals surface area (Å²) >= 11 is 0. The van der Waals surface area contributed by atoms with E-state index in [0.717, 1.165) is 34.5 Å². The van der Waals surface area contributed by atoms with Gasteiger partial charge in [0.15, 0.2) is 0 Å². The molecule has 4 nitrogen and oxygen atoms in total. The molecule has 4 heteroatoms. The Kier molecular flexibility index (Phi) is 3.65. The molecule has 1 aromatic carbocycles. The largest absolute Gasteiger partial charge is 0.483 e. The van der Waals surface area contributed by atoms with E-state index in [1.807, 2.05) is 43.4 Å². The molecule has 102 valence electrons. The number of pyridine rings is 1. The van der Waals surface area contributed by atoms with Crippen molar-refractivity contribution in [2.24, 2.45) is 0 Å². The minimum absolute atomic E-state index is 0.402. The van der Waals surface area contributed by atoms with E-state index < -0.39 is 0 Å². The Bertz CT molecular complexity index is 701. The van der Waals surface area contributed by atoms with Gasteiger partial charge in [0, 0.05) is 23.7 Å². The summed E-state index contributed by atoms with van der Waals surface area (Å²) in [7, 11) is 1.91. The Labute approximate surface area is 117 Å². The Morgan fingerprint density at radius 2 is 2.15 bits per heavy atom. The summed E-state index contributed by atoms with van der Waals surface area (Å²) in [6.45, 7) is 1.19. The molecule has 20 heavy (non-hydrogen) atoms. The van der Waals surface area contributed by atoms with Crippen molar-refractivity contribution in [1.29, 1.82) is 0 Å². The molecule has 0 atom stereocenters. The fourth-order valence-corrected chi connectivity index (χ4v) is 2.14. The summed E-state index contributed by atoms with van der Waals surface area (Å²) in [6.07, 6.45) is 3.52. The van der Waals surface area contributed by atoms with Gasteiger partial charge in [-0.15, -0.1) is 0 Å². The number of hydrogen-bond acceptors (Lipinski definition) is 4. The van der Waals surface area contributed by atoms with Gasteiger partial charge in [-0.3, -0.25) is 4.98 Å². The molecular weight excluding hydrogens is 252 g/mol. The fraction of sp³-hybridized carbons (Fsp3) is 0.188. The highest BCUT2D eigenvalue weighted by Gasteiger charge is 2.05. The van der Waals surface area contributed by atoms with Gasteiger partial charge in [0.25, 0.3) is 0 Å². The number of fused-ring (bicyclic) bond motifs is 1. The number of furan rings is 1. The van der Waals surface area contributed by atoms with Gasteiger partial charge in [0.05, 0.1) is 6.26 Å². The average Bonchev–Trinajstić information content (AvgIpc) is 2.93. The van der Waals surface area contributed by atoms with Crippen LogP contribution in [0.15, 0.2) is 53.3 Å². The normalized spacial score (nSPS) is 10.8. The van der Waals surface area contributed by atoms with E-state index in [9.17, 15) is 0 Å². The maximum Gasteiger partial charge on any atom is 0.146 e. The fourth-order valence-electron chi connectivity index (χ4n) is 2.14. The zero-order valence-electron chi connectivity index (χ0n) is 11.3. The van der Waals surface area contributed by atoms with Crippen LogP contribution in [0.25, 0.3) is 10.9 Å². The van der Waals surface area contributed by atoms with E-state index in [1.54, 1.807) is 12.5 Å². The predicted octanol–water partition coefficient (Wildman–Crippen LogP) is 3.13. The van der Waals surface area contributed by atoms with Crippen molar-refractivity contribution in [2.75, 3.05) is 7.05 Å². The minimum Gasteiger partial charge on any atom is -0.483 e. The van der Waals surface area contributed by atoms with E-state index in [-0.39, 0.29) is 0 Å². The monoisotopic (exact) mass is 268 g/mol. The topological polar surface area (TPSA) is 47.3 Å². The molecule has 2 heterocycles. The third-order valence-electron chi connectivity index (χ3n) is 3.05. The molecule has 0 aliphatic rings. The van der Waals surface area contributed by atoms with Crippen LogP contribution in [0.1, 0.15) is 11.3 Å². The molecule has 0 amide bonds. The van der Waals surface area contributed by atoms with Crippen molar-refractivity contribution in [1.82, 2.24) is 10.3 Å². The molecule has 2 aromatic heterocycles. The smallest absolute Gasteiger partial charge is 0.146 e. The maximum atomic E-state index is 5.82. The summed E-state index contributed by atoms with van der Waals surface area (Å²) in [4.78, 5) is 4.36. The van der Waals surface area contributed by atoms with Gasteiger partial charge in [-0.1, -0.05) is 18.2 Å². The van der Waals surface area contributed by atoms with Crippen LogP contribution >= 0.6 is 0 Å². The molecular formula is C16H16N2O2. The van der Waals surface area contributed by atoms with Crippen LogP contribution in [-0.4, -0.2) is 12.0 Å². The molecule has 1 N–H and O–H groups in total. The summed E-state index contributed by atoms with van der Waals surface area (Å²) in [5.41, 5.74) is 1.99. The van der Waals surface area contributed by atoms with Gasteiger partial charge in [-0.2, -0.15) is 0 Å². The number of benzene rings is 1. The standard InChI is InChI=1S/C16H16N2O2/c1-17-9-12-8-14(19-10-12)11-20-15-6-2-4-13-5-3-7-18-16(13)15/h2-8,10,17H,9,11H2,1H3. The number of aromatic nitrogens is 1. The SMILES string of the molecule is CNCc1coc(COc2cccc3cccnc23)c1. The van der Waals surface area contributed by atoms with E-state index >= 15 is 0 Å². The lowest BCUT2D eigenvalue weighted by Gasteiger charge is -2.06. The van der Waals surface area contributed by atoms with Crippen LogP contribution in [0, 0.1) is 0 Å². The summed E-state index contributed by atoms with van der Waals surface area (Å²) in [5, 5.41) is 4.15. The zero-order valence-corrected chi connectivity index (χ0v) is 11.3. The highest BCUT2D eigenvalue weighted by Crippen LogP contribution is 2.24. The Morgan fingerprint density at radius 3 is 3.05 bits per heavy atom. The third kappa shape index (κ3) is 2.65. The van der Waals surface area contributed by atoms with Crippen LogP contribution in [0.3, 0.4) is 0 Å². The Morgan fingerprint density at radius 1 is 1.25 bits per heavy atom. The van der Waals surface area contributed by atoms with E-state index in [1.165, 1.54) is 0 Å². The molecule has 0 saturated carbocycles. The molecule has 0 aliphatic carbocycles. The minimum atomic E-state index is 0.402. The van der Waals surface area contributed by atoms with Crippen molar-refractivity contribution in [2.45, 2.75) is 13.2 Å². The van der Waals surface area contributed by atoms with Crippen LogP contribution in [0.5, 0.6) is 5.75 Å². The first-order chi connectivity index (χ1) is 9.86. The molecule has 0 spiro atoms. The lowest BCUT2D eigenvalue weighted by atomic mass is 10.2. The van der Waals surface area contributed by atoms with Gasteiger partial charge in [-0.25, -0.2) is 0 Å². The maximum absolute atomic E-state index is 5.82. The van der Waals surface area contributed by atoms with Crippen LogP contribution in [0.2, 0.25) is 0 Å². The number of rotatable bonds is 5. The van der Waals surface area contributed by atoms with Crippen molar-refractivity contribution in [3.8, 4) is 5.75 Å². The molecule has 0 fully saturated rings. The van der Waals surface area contributed by atoms with Gasteiger partial charge in [-0.05, 0) is 25.2 Å². The highest BCUT2D eigenvalue weighted by atomic mass is 16.5. The number of nitrogens with zero attached hydrogens (tertiary/aromatic N) is 1. The van der Waals surface area contributed by atoms with Crippen LogP contribution in [-0.2, 0) is 13.2 Å². The summed E-state index contributed by atoms with van der Waals surface area (Å²) in [5.74, 6) is 1.58. The first-order valence-electron chi connectivity index (χ1n) is 6.54. The first-order valence-corrected chi connectivity index (χ1v) is 6.54. The highest BCUT2D eigenvalue weighted by molar-refractivity contribution is 5.84. The Hall–Kier alpha value is -2.33. The van der Waals surface area contributed by atoms with Crippen molar-refractivity contribution in [3.63, 3.8) is 0 Å². The first kappa shape index (κ1) is 12.7. The molecule has 0 aliphatic heterocycles. The lowest BCUT2D eigenvalue weighted by molar-refractivity contribution is 0.273. The quantitative estimate of drug-likeness (QED) is 0.772. The van der Waals surface area contributed by atoms with E-state index in [4.69, 9.17) is 9.15 Å². The van der Waals surface area contributed by atoms with Crippen molar-refractivity contribution < 1.29 is 9.15 Å². The van der Waals surface area contributed by atoms with Crippen molar-refractivity contribution in [3.05, 3.63) is 60.2 Å². The van der Waals surface area contributed by atoms with Gasteiger partial charge < -0.3 is 14.5 Å². The Balaban J connectivity index is 1.76. The van der Waals surface area contributed by atoms with E-state index in [2.05, 4.69) is 10.3 Å². The summed E-state index contributed by atoms with van der Waals surface area (Å²) in [6, 6.07) is 11.8. The predicted molar refractivity (Wildman–Crippen MR) is 77.5 cm³/mol. The molecule has 0 saturated heterocycles. The zero-order chi connectivity index (χ0) is 13.8. The van der Waals surface area contributed by atoms with Gasteiger partial charge >= 0.3 is 0 Å². The number of ether oxygens (including phenoxy) is 1. The average molecular weight is 268 g/mol. The lowest BCUT2D eigenvalue weighted by Crippen LogP contribution is -2.03.